The summed E-state index contributed by atoms with van der Waals surface area (Å²) >= 11 is 3.32. The van der Waals surface area contributed by atoms with Gasteiger partial charge in [-0.2, -0.15) is 36.1 Å². The molecular formula is C16H10F6IN5OS. The molecule has 160 valence electrons. The Balaban J connectivity index is 1.90. The maximum atomic E-state index is 13.0. The Morgan fingerprint density at radius 2 is 1.70 bits per heavy atom. The number of carbonyl (C=O) groups excluding carboxylic acids is 1. The average Bonchev–Trinajstić information content (AvgIpc) is 3.28. The number of alkyl halides is 6. The Hall–Kier alpha value is -2.23. The monoisotopic (exact) mass is 561 g/mol. The van der Waals surface area contributed by atoms with Crippen LogP contribution in [0.2, 0.25) is 0 Å². The van der Waals surface area contributed by atoms with Crippen LogP contribution in [0.25, 0.3) is 5.13 Å². The van der Waals surface area contributed by atoms with Crippen LogP contribution in [-0.4, -0.2) is 25.7 Å². The van der Waals surface area contributed by atoms with Crippen LogP contribution in [0.4, 0.5) is 26.3 Å². The van der Waals surface area contributed by atoms with Crippen molar-refractivity contribution in [3.63, 3.8) is 0 Å². The van der Waals surface area contributed by atoms with Gasteiger partial charge in [0.2, 0.25) is 5.13 Å². The van der Waals surface area contributed by atoms with Crippen molar-refractivity contribution in [2.45, 2.75) is 25.3 Å². The first kappa shape index (κ1) is 22.5. The minimum atomic E-state index is -5.05. The van der Waals surface area contributed by atoms with Crippen molar-refractivity contribution >= 4 is 39.8 Å². The summed E-state index contributed by atoms with van der Waals surface area (Å²) < 4.78 is 80.2. The van der Waals surface area contributed by atoms with Crippen LogP contribution < -0.4 is 5.32 Å². The number of nitrogens with one attached hydrogen (secondary N) is 1. The molecule has 3 rings (SSSR count). The molecule has 0 radical (unpaired) electrons. The van der Waals surface area contributed by atoms with Crippen LogP contribution in [0.15, 0.2) is 30.7 Å². The Bertz CT molecular complexity index is 1040. The second-order valence-corrected chi connectivity index (χ2v) is 8.87. The number of halogens is 7. The fourth-order valence-corrected chi connectivity index (χ4v) is 3.81. The fraction of sp³-hybridized carbons (Fsp3) is 0.250. The third-order valence-electron chi connectivity index (χ3n) is 3.81. The largest absolute Gasteiger partial charge is 0.416 e. The van der Waals surface area contributed by atoms with Crippen molar-refractivity contribution in [1.29, 1.82) is 0 Å². The molecule has 2 aromatic heterocycles. The molecule has 30 heavy (non-hydrogen) atoms. The molecule has 0 unspecified atom stereocenters. The molecule has 0 aliphatic carbocycles. The SMILES string of the molecule is C[C@H](NC(=O)c1cc(C(F)(F)F)cc(C(F)(F)F)c1)c1ncnn1-c1ncc(I)s1. The van der Waals surface area contributed by atoms with Crippen molar-refractivity contribution in [1.82, 2.24) is 25.1 Å². The number of carbonyl (C=O) groups is 1. The molecule has 3 aromatic rings. The summed E-state index contributed by atoms with van der Waals surface area (Å²) in [5.74, 6) is -0.917. The summed E-state index contributed by atoms with van der Waals surface area (Å²) in [6.07, 6.45) is -7.33. The fourth-order valence-electron chi connectivity index (χ4n) is 2.47. The summed E-state index contributed by atoms with van der Waals surface area (Å²) in [5, 5.41) is 6.78. The first-order valence-electron chi connectivity index (χ1n) is 7.98. The van der Waals surface area contributed by atoms with E-state index in [2.05, 4.69) is 20.4 Å². The van der Waals surface area contributed by atoms with Gasteiger partial charge in [-0.05, 0) is 47.7 Å². The zero-order chi connectivity index (χ0) is 22.3. The summed E-state index contributed by atoms with van der Waals surface area (Å²) in [6.45, 7) is 1.47. The van der Waals surface area contributed by atoms with E-state index >= 15 is 0 Å². The van der Waals surface area contributed by atoms with E-state index < -0.39 is 41.0 Å². The number of thiazole rings is 1. The third kappa shape index (κ3) is 4.91. The highest BCUT2D eigenvalue weighted by Gasteiger charge is 2.37. The molecule has 0 aliphatic rings. The van der Waals surface area contributed by atoms with Crippen LogP contribution >= 0.6 is 33.9 Å². The second-order valence-electron chi connectivity index (χ2n) is 5.97. The van der Waals surface area contributed by atoms with Gasteiger partial charge in [0.1, 0.15) is 6.33 Å². The minimum Gasteiger partial charge on any atom is -0.342 e. The van der Waals surface area contributed by atoms with Crippen LogP contribution in [0.5, 0.6) is 0 Å². The molecule has 1 aromatic carbocycles. The predicted octanol–water partition coefficient (Wildman–Crippen LogP) is 4.86. The lowest BCUT2D eigenvalue weighted by molar-refractivity contribution is -0.143. The zero-order valence-electron chi connectivity index (χ0n) is 14.7. The van der Waals surface area contributed by atoms with Crippen LogP contribution in [0, 0.1) is 2.88 Å². The molecule has 6 nitrogen and oxygen atoms in total. The lowest BCUT2D eigenvalue weighted by Crippen LogP contribution is -2.29. The van der Waals surface area contributed by atoms with Crippen molar-refractivity contribution < 1.29 is 31.1 Å². The lowest BCUT2D eigenvalue weighted by Gasteiger charge is -2.16. The summed E-state index contributed by atoms with van der Waals surface area (Å²) in [4.78, 5) is 20.6. The van der Waals surface area contributed by atoms with Crippen molar-refractivity contribution in [2.75, 3.05) is 0 Å². The Morgan fingerprint density at radius 3 is 2.20 bits per heavy atom. The smallest absolute Gasteiger partial charge is 0.342 e. The number of benzene rings is 1. The molecule has 1 amide bonds. The van der Waals surface area contributed by atoms with Crippen molar-refractivity contribution in [3.8, 4) is 5.13 Å². The number of rotatable bonds is 4. The normalized spacial score (nSPS) is 13.3. The van der Waals surface area contributed by atoms with Gasteiger partial charge < -0.3 is 5.32 Å². The quantitative estimate of drug-likeness (QED) is 0.365. The van der Waals surface area contributed by atoms with Gasteiger partial charge in [-0.25, -0.2) is 9.97 Å². The minimum absolute atomic E-state index is 0.0408. The van der Waals surface area contributed by atoms with Crippen LogP contribution in [-0.2, 0) is 12.4 Å². The lowest BCUT2D eigenvalue weighted by atomic mass is 10.0. The van der Waals surface area contributed by atoms with Gasteiger partial charge in [0, 0.05) is 5.56 Å². The average molecular weight is 561 g/mol. The highest BCUT2D eigenvalue weighted by atomic mass is 127. The van der Waals surface area contributed by atoms with Gasteiger partial charge >= 0.3 is 12.4 Å². The molecule has 1 atom stereocenters. The molecule has 0 bridgehead atoms. The molecule has 1 N–H and O–H groups in total. The van der Waals surface area contributed by atoms with Gasteiger partial charge in [-0.1, -0.05) is 11.3 Å². The molecule has 0 saturated carbocycles. The third-order valence-corrected chi connectivity index (χ3v) is 5.51. The Kier molecular flexibility index (Phi) is 6.08. The topological polar surface area (TPSA) is 72.7 Å². The first-order valence-corrected chi connectivity index (χ1v) is 9.87. The van der Waals surface area contributed by atoms with Gasteiger partial charge in [-0.3, -0.25) is 4.79 Å². The van der Waals surface area contributed by atoms with E-state index in [1.807, 2.05) is 22.6 Å². The van der Waals surface area contributed by atoms with Gasteiger partial charge in [0.15, 0.2) is 5.82 Å². The molecule has 2 heterocycles. The van der Waals surface area contributed by atoms with Crippen molar-refractivity contribution in [2.24, 2.45) is 0 Å². The number of aromatic nitrogens is 4. The van der Waals surface area contributed by atoms with E-state index in [-0.39, 0.29) is 11.9 Å². The number of amides is 1. The predicted molar refractivity (Wildman–Crippen MR) is 102 cm³/mol. The number of hydrogen-bond donors (Lipinski definition) is 1. The van der Waals surface area contributed by atoms with E-state index in [0.29, 0.717) is 17.3 Å². The van der Waals surface area contributed by atoms with Gasteiger partial charge in [0.25, 0.3) is 5.91 Å². The summed E-state index contributed by atoms with van der Waals surface area (Å²) in [6, 6.07) is -0.192. The number of hydrogen-bond acceptors (Lipinski definition) is 5. The standard InChI is InChI=1S/C16H10F6IN5OS/c1-7(12-25-6-26-28(12)14-24-5-11(23)30-14)27-13(29)8-2-9(15(17,18)19)4-10(3-8)16(20,21)22/h2-7H,1H3,(H,27,29)/t7-/m0/s1. The molecule has 0 aliphatic heterocycles. The van der Waals surface area contributed by atoms with Crippen molar-refractivity contribution in [3.05, 3.63) is 56.1 Å². The van der Waals surface area contributed by atoms with E-state index in [4.69, 9.17) is 0 Å². The van der Waals surface area contributed by atoms with E-state index in [1.54, 1.807) is 6.20 Å². The Morgan fingerprint density at radius 1 is 1.10 bits per heavy atom. The first-order chi connectivity index (χ1) is 13.9. The maximum absolute atomic E-state index is 13.0. The number of nitrogens with zero attached hydrogens (tertiary/aromatic N) is 4. The summed E-state index contributed by atoms with van der Waals surface area (Å²) in [5.41, 5.74) is -3.93. The van der Waals surface area contributed by atoms with Gasteiger partial charge in [0.05, 0.1) is 26.2 Å². The Labute approximate surface area is 182 Å². The molecular weight excluding hydrogens is 551 g/mol. The molecule has 14 heteroatoms. The van der Waals surface area contributed by atoms with E-state index in [0.717, 1.165) is 2.88 Å². The zero-order valence-corrected chi connectivity index (χ0v) is 17.7. The van der Waals surface area contributed by atoms with Crippen LogP contribution in [0.1, 0.15) is 40.3 Å². The van der Waals surface area contributed by atoms with Gasteiger partial charge in [-0.15, -0.1) is 0 Å². The van der Waals surface area contributed by atoms with E-state index in [9.17, 15) is 31.1 Å². The highest BCUT2D eigenvalue weighted by Crippen LogP contribution is 2.36. The molecule has 0 fully saturated rings. The van der Waals surface area contributed by atoms with E-state index in [1.165, 1.54) is 29.3 Å². The molecule has 0 spiro atoms. The molecule has 0 saturated heterocycles. The van der Waals surface area contributed by atoms with Crippen LogP contribution in [0.3, 0.4) is 0 Å². The second kappa shape index (κ2) is 8.13. The highest BCUT2D eigenvalue weighted by molar-refractivity contribution is 14.1. The maximum Gasteiger partial charge on any atom is 0.416 e. The summed E-state index contributed by atoms with van der Waals surface area (Å²) in [7, 11) is 0.